The van der Waals surface area contributed by atoms with Gasteiger partial charge in [-0.25, -0.2) is 0 Å². The fourth-order valence-electron chi connectivity index (χ4n) is 6.06. The average Bonchev–Trinajstić information content (AvgIpc) is 2.63. The van der Waals surface area contributed by atoms with E-state index >= 15 is 0 Å². The zero-order chi connectivity index (χ0) is 17.7. The minimum atomic E-state index is -0.0382. The van der Waals surface area contributed by atoms with Crippen LogP contribution in [0.3, 0.4) is 0 Å². The van der Waals surface area contributed by atoms with Gasteiger partial charge in [0, 0.05) is 14.8 Å². The molecular weight excluding hydrogens is 433 g/mol. The second kappa shape index (κ2) is 6.66. The van der Waals surface area contributed by atoms with Crippen LogP contribution in [0.1, 0.15) is 53.9 Å². The van der Waals surface area contributed by atoms with Crippen LogP contribution >= 0.6 is 22.6 Å². The van der Waals surface area contributed by atoms with Crippen molar-refractivity contribution in [3.8, 4) is 0 Å². The van der Waals surface area contributed by atoms with E-state index in [4.69, 9.17) is 0 Å². The van der Waals surface area contributed by atoms with Crippen LogP contribution in [0.5, 0.6) is 0 Å². The summed E-state index contributed by atoms with van der Waals surface area (Å²) in [6, 6.07) is 16.4. The van der Waals surface area contributed by atoms with Crippen molar-refractivity contribution in [3.63, 3.8) is 0 Å². The quantitative estimate of drug-likeness (QED) is 0.556. The van der Waals surface area contributed by atoms with Gasteiger partial charge in [-0.2, -0.15) is 0 Å². The molecule has 2 aromatic rings. The maximum Gasteiger partial charge on any atom is 0.255 e. The SMILES string of the molecule is O=C(Nc1ccc(C2C3CC4CC(C3)CC2C4)cc1)c1ccc(I)cc1. The molecule has 1 N–H and O–H groups in total. The van der Waals surface area contributed by atoms with Gasteiger partial charge in [0.1, 0.15) is 0 Å². The van der Waals surface area contributed by atoms with Gasteiger partial charge in [0.05, 0.1) is 0 Å². The normalized spacial score (nSPS) is 31.8. The Morgan fingerprint density at radius 1 is 0.808 bits per heavy atom. The first-order valence-corrected chi connectivity index (χ1v) is 10.9. The molecule has 134 valence electrons. The van der Waals surface area contributed by atoms with Crippen molar-refractivity contribution in [1.29, 1.82) is 0 Å². The molecular formula is C23H24INO. The number of hydrogen-bond donors (Lipinski definition) is 1. The summed E-state index contributed by atoms with van der Waals surface area (Å²) in [5, 5.41) is 3.03. The third kappa shape index (κ3) is 3.08. The van der Waals surface area contributed by atoms with Crippen LogP contribution in [0, 0.1) is 27.2 Å². The summed E-state index contributed by atoms with van der Waals surface area (Å²) < 4.78 is 1.14. The lowest BCUT2D eigenvalue weighted by Gasteiger charge is -2.54. The molecule has 2 nitrogen and oxygen atoms in total. The number of amides is 1. The standard InChI is InChI=1S/C23H24INO/c24-20-5-1-17(2-6-20)23(26)25-21-7-3-16(4-8-21)22-18-10-14-9-15(12-18)13-19(22)11-14/h1-8,14-15,18-19,22H,9-13H2,(H,25,26). The smallest absolute Gasteiger partial charge is 0.255 e. The molecule has 0 unspecified atom stereocenters. The Hall–Kier alpha value is -1.36. The molecule has 0 aliphatic heterocycles. The number of carbonyl (C=O) groups excluding carboxylic acids is 1. The molecule has 4 aliphatic carbocycles. The molecule has 0 heterocycles. The molecule has 2 aromatic carbocycles. The third-order valence-corrected chi connectivity index (χ3v) is 7.61. The van der Waals surface area contributed by atoms with Gasteiger partial charge in [0.25, 0.3) is 5.91 Å². The van der Waals surface area contributed by atoms with E-state index in [2.05, 4.69) is 52.2 Å². The third-order valence-electron chi connectivity index (χ3n) is 6.89. The predicted molar refractivity (Wildman–Crippen MR) is 113 cm³/mol. The summed E-state index contributed by atoms with van der Waals surface area (Å²) >= 11 is 2.25. The van der Waals surface area contributed by atoms with Crippen LogP contribution in [-0.4, -0.2) is 5.91 Å². The highest BCUT2D eigenvalue weighted by Gasteiger charge is 2.48. The molecule has 6 rings (SSSR count). The highest BCUT2D eigenvalue weighted by molar-refractivity contribution is 14.1. The minimum absolute atomic E-state index is 0.0382. The Morgan fingerprint density at radius 3 is 1.96 bits per heavy atom. The molecule has 1 amide bonds. The summed E-state index contributed by atoms with van der Waals surface area (Å²) in [7, 11) is 0. The highest BCUT2D eigenvalue weighted by Crippen LogP contribution is 2.59. The number of hydrogen-bond acceptors (Lipinski definition) is 1. The first-order valence-electron chi connectivity index (χ1n) is 9.82. The summed E-state index contributed by atoms with van der Waals surface area (Å²) in [6.45, 7) is 0. The summed E-state index contributed by atoms with van der Waals surface area (Å²) in [5.74, 6) is 4.55. The Morgan fingerprint density at radius 2 is 1.38 bits per heavy atom. The fraction of sp³-hybridized carbons (Fsp3) is 0.435. The average molecular weight is 457 g/mol. The van der Waals surface area contributed by atoms with Crippen molar-refractivity contribution in [2.24, 2.45) is 23.7 Å². The van der Waals surface area contributed by atoms with Crippen molar-refractivity contribution in [2.75, 3.05) is 5.32 Å². The molecule has 4 saturated carbocycles. The molecule has 0 aromatic heterocycles. The van der Waals surface area contributed by atoms with Gasteiger partial charge in [-0.1, -0.05) is 12.1 Å². The lowest BCUT2D eigenvalue weighted by molar-refractivity contribution is -0.00277. The maximum absolute atomic E-state index is 12.4. The van der Waals surface area contributed by atoms with E-state index in [-0.39, 0.29) is 5.91 Å². The number of carbonyl (C=O) groups is 1. The van der Waals surface area contributed by atoms with Gasteiger partial charge in [-0.3, -0.25) is 4.79 Å². The lowest BCUT2D eigenvalue weighted by Crippen LogP contribution is -2.43. The van der Waals surface area contributed by atoms with E-state index < -0.39 is 0 Å². The first-order chi connectivity index (χ1) is 12.7. The number of nitrogens with one attached hydrogen (secondary N) is 1. The van der Waals surface area contributed by atoms with Crippen molar-refractivity contribution in [2.45, 2.75) is 38.0 Å². The maximum atomic E-state index is 12.4. The van der Waals surface area contributed by atoms with Crippen molar-refractivity contribution in [1.82, 2.24) is 0 Å². The Bertz CT molecular complexity index is 783. The van der Waals surface area contributed by atoms with Gasteiger partial charge < -0.3 is 5.32 Å². The predicted octanol–water partition coefficient (Wildman–Crippen LogP) is 6.08. The van der Waals surface area contributed by atoms with Crippen molar-refractivity contribution in [3.05, 3.63) is 63.2 Å². The van der Waals surface area contributed by atoms with E-state index in [1.54, 1.807) is 0 Å². The minimum Gasteiger partial charge on any atom is -0.322 e. The summed E-state index contributed by atoms with van der Waals surface area (Å²) in [5.41, 5.74) is 3.09. The summed E-state index contributed by atoms with van der Waals surface area (Å²) in [6.07, 6.45) is 7.29. The van der Waals surface area contributed by atoms with Crippen LogP contribution in [-0.2, 0) is 0 Å². The van der Waals surface area contributed by atoms with Gasteiger partial charge in [0.15, 0.2) is 0 Å². The number of rotatable bonds is 3. The number of benzene rings is 2. The van der Waals surface area contributed by atoms with E-state index in [0.29, 0.717) is 5.56 Å². The van der Waals surface area contributed by atoms with Crippen molar-refractivity contribution < 1.29 is 4.79 Å². The second-order valence-corrected chi connectivity index (χ2v) is 9.79. The summed E-state index contributed by atoms with van der Waals surface area (Å²) in [4.78, 5) is 12.4. The van der Waals surface area contributed by atoms with Crippen LogP contribution < -0.4 is 5.32 Å². The van der Waals surface area contributed by atoms with Crippen LogP contribution in [0.2, 0.25) is 0 Å². The van der Waals surface area contributed by atoms with Crippen LogP contribution in [0.25, 0.3) is 0 Å². The van der Waals surface area contributed by atoms with E-state index in [9.17, 15) is 4.79 Å². The molecule has 0 atom stereocenters. The molecule has 4 bridgehead atoms. The topological polar surface area (TPSA) is 29.1 Å². The fourth-order valence-corrected chi connectivity index (χ4v) is 6.42. The van der Waals surface area contributed by atoms with E-state index in [0.717, 1.165) is 38.8 Å². The number of anilines is 1. The van der Waals surface area contributed by atoms with Crippen LogP contribution in [0.15, 0.2) is 48.5 Å². The van der Waals surface area contributed by atoms with E-state index in [1.807, 2.05) is 24.3 Å². The molecule has 0 saturated heterocycles. The van der Waals surface area contributed by atoms with E-state index in [1.165, 1.54) is 37.7 Å². The molecule has 0 spiro atoms. The van der Waals surface area contributed by atoms with Gasteiger partial charge in [0.2, 0.25) is 0 Å². The van der Waals surface area contributed by atoms with Crippen LogP contribution in [0.4, 0.5) is 5.69 Å². The zero-order valence-electron chi connectivity index (χ0n) is 14.8. The molecule has 0 radical (unpaired) electrons. The zero-order valence-corrected chi connectivity index (χ0v) is 17.0. The Labute approximate surface area is 168 Å². The van der Waals surface area contributed by atoms with Gasteiger partial charge in [-0.05, 0) is 126 Å². The Kier molecular flexibility index (Phi) is 4.30. The highest BCUT2D eigenvalue weighted by atomic mass is 127. The first kappa shape index (κ1) is 16.8. The molecule has 4 fully saturated rings. The van der Waals surface area contributed by atoms with Crippen molar-refractivity contribution >= 4 is 34.2 Å². The van der Waals surface area contributed by atoms with Gasteiger partial charge in [-0.15, -0.1) is 0 Å². The lowest BCUT2D eigenvalue weighted by atomic mass is 9.51. The molecule has 4 aliphatic rings. The molecule has 26 heavy (non-hydrogen) atoms. The largest absolute Gasteiger partial charge is 0.322 e. The second-order valence-electron chi connectivity index (χ2n) is 8.54. The molecule has 3 heteroatoms. The monoisotopic (exact) mass is 457 g/mol. The van der Waals surface area contributed by atoms with Gasteiger partial charge >= 0.3 is 0 Å². The Balaban J connectivity index is 1.30. The number of halogens is 1.